The molecule has 0 amide bonds. The van der Waals surface area contributed by atoms with Crippen LogP contribution in [0.1, 0.15) is 12.0 Å². The Bertz CT molecular complexity index is 1740. The molecule has 0 saturated carbocycles. The number of nitrogens with one attached hydrogen (secondary N) is 2. The molecule has 3 aromatic carbocycles. The number of aromatic nitrogens is 4. The minimum absolute atomic E-state index is 0.164. The first-order chi connectivity index (χ1) is 19.8. The molecule has 5 aromatic rings. The number of methoxy groups -OCH3 is 1. The predicted octanol–water partition coefficient (Wildman–Crippen LogP) is 4.56. The second-order valence-corrected chi connectivity index (χ2v) is 12.5. The zero-order chi connectivity index (χ0) is 28.8. The van der Waals surface area contributed by atoms with Crippen molar-refractivity contribution in [1.29, 1.82) is 0 Å². The van der Waals surface area contributed by atoms with E-state index in [2.05, 4.69) is 50.0 Å². The zero-order valence-electron chi connectivity index (χ0n) is 23.5. The highest BCUT2D eigenvalue weighted by atomic mass is 32.2. The second kappa shape index (κ2) is 12.5. The van der Waals surface area contributed by atoms with Crippen LogP contribution in [-0.2, 0) is 16.4 Å². The Kier molecular flexibility index (Phi) is 8.65. The van der Waals surface area contributed by atoms with E-state index in [-0.39, 0.29) is 5.75 Å². The van der Waals surface area contributed by atoms with Crippen molar-refractivity contribution in [3.05, 3.63) is 78.8 Å². The van der Waals surface area contributed by atoms with Crippen molar-refractivity contribution in [2.75, 3.05) is 56.4 Å². The van der Waals surface area contributed by atoms with E-state index in [1.807, 2.05) is 59.2 Å². The molecule has 2 aromatic heterocycles. The lowest BCUT2D eigenvalue weighted by Crippen LogP contribution is -2.27. The van der Waals surface area contributed by atoms with Crippen LogP contribution in [0.3, 0.4) is 0 Å². The third-order valence-electron chi connectivity index (χ3n) is 6.91. The quantitative estimate of drug-likeness (QED) is 0.196. The highest BCUT2D eigenvalue weighted by Crippen LogP contribution is 2.33. The van der Waals surface area contributed by atoms with Gasteiger partial charge in [0, 0.05) is 35.8 Å². The van der Waals surface area contributed by atoms with Crippen LogP contribution in [0.2, 0.25) is 0 Å². The highest BCUT2D eigenvalue weighted by Gasteiger charge is 2.12. The lowest BCUT2D eigenvalue weighted by atomic mass is 10.1. The molecule has 41 heavy (non-hydrogen) atoms. The molecule has 2 heterocycles. The van der Waals surface area contributed by atoms with Gasteiger partial charge in [0.15, 0.2) is 0 Å². The minimum Gasteiger partial charge on any atom is -0.495 e. The number of fused-ring (bicyclic) bond motifs is 2. The van der Waals surface area contributed by atoms with Gasteiger partial charge in [0.25, 0.3) is 0 Å². The maximum atomic E-state index is 11.4. The molecule has 0 spiro atoms. The summed E-state index contributed by atoms with van der Waals surface area (Å²) < 4.78 is 30.5. The fourth-order valence-corrected chi connectivity index (χ4v) is 5.32. The first-order valence-electron chi connectivity index (χ1n) is 13.5. The summed E-state index contributed by atoms with van der Waals surface area (Å²) in [6.45, 7) is 2.72. The molecule has 0 radical (unpaired) electrons. The molecular weight excluding hydrogens is 538 g/mol. The maximum Gasteiger partial charge on any atom is 0.148 e. The van der Waals surface area contributed by atoms with Gasteiger partial charge in [-0.3, -0.25) is 4.68 Å². The molecular formula is C30H35N7O3S. The van der Waals surface area contributed by atoms with Gasteiger partial charge in [-0.2, -0.15) is 5.10 Å². The number of sulfone groups is 1. The fourth-order valence-electron chi connectivity index (χ4n) is 4.68. The van der Waals surface area contributed by atoms with Crippen molar-refractivity contribution >= 4 is 48.8 Å². The normalized spacial score (nSPS) is 11.8. The summed E-state index contributed by atoms with van der Waals surface area (Å²) in [5, 5.41) is 13.3. The van der Waals surface area contributed by atoms with Gasteiger partial charge in [0.1, 0.15) is 27.7 Å². The van der Waals surface area contributed by atoms with Gasteiger partial charge in [-0.1, -0.05) is 30.3 Å². The molecule has 214 valence electrons. The van der Waals surface area contributed by atoms with E-state index in [0.717, 1.165) is 46.1 Å². The smallest absolute Gasteiger partial charge is 0.148 e. The van der Waals surface area contributed by atoms with Crippen molar-refractivity contribution in [1.82, 2.24) is 24.6 Å². The number of benzene rings is 3. The predicted molar refractivity (Wildman–Crippen MR) is 165 cm³/mol. The average molecular weight is 574 g/mol. The molecule has 0 aliphatic rings. The van der Waals surface area contributed by atoms with E-state index >= 15 is 0 Å². The van der Waals surface area contributed by atoms with E-state index in [1.165, 1.54) is 11.8 Å². The van der Waals surface area contributed by atoms with Crippen molar-refractivity contribution in [2.24, 2.45) is 0 Å². The van der Waals surface area contributed by atoms with Gasteiger partial charge >= 0.3 is 0 Å². The average Bonchev–Trinajstić information content (AvgIpc) is 3.35. The number of ether oxygens (including phenoxy) is 1. The number of anilines is 3. The SMILES string of the molecule is COc1cc2c(Nc3ccc4c(cnn4Cc4ccccc4)c3)ncnc2cc1NCCCN(C)CCS(C)(=O)=O. The monoisotopic (exact) mass is 573 g/mol. The number of hydrogen-bond acceptors (Lipinski definition) is 9. The molecule has 5 rings (SSSR count). The molecule has 0 aliphatic carbocycles. The Balaban J connectivity index is 1.27. The summed E-state index contributed by atoms with van der Waals surface area (Å²) in [5.41, 5.74) is 4.79. The summed E-state index contributed by atoms with van der Waals surface area (Å²) in [4.78, 5) is 11.0. The Hall–Kier alpha value is -4.22. The van der Waals surface area contributed by atoms with Crippen LogP contribution in [0.15, 0.2) is 73.2 Å². The molecule has 0 fully saturated rings. The van der Waals surface area contributed by atoms with Crippen LogP contribution < -0.4 is 15.4 Å². The van der Waals surface area contributed by atoms with Gasteiger partial charge in [-0.05, 0) is 55.9 Å². The molecule has 10 nitrogen and oxygen atoms in total. The maximum absolute atomic E-state index is 11.4. The first kappa shape index (κ1) is 28.3. The summed E-state index contributed by atoms with van der Waals surface area (Å²) in [6.07, 6.45) is 5.54. The standard InChI is InChI=1S/C30H35N7O3S/c1-36(14-15-41(3,38)39)13-7-12-31-27-18-26-25(17-29(27)40-2)30(33-21-32-26)35-24-10-11-28-23(16-24)19-34-37(28)20-22-8-5-4-6-9-22/h4-6,8-11,16-19,21,31H,7,12-15,20H2,1-3H3,(H,32,33,35). The Morgan fingerprint density at radius 1 is 1.02 bits per heavy atom. The second-order valence-electron chi connectivity index (χ2n) is 10.2. The molecule has 0 bridgehead atoms. The van der Waals surface area contributed by atoms with Crippen LogP contribution in [0, 0.1) is 0 Å². The highest BCUT2D eigenvalue weighted by molar-refractivity contribution is 7.90. The summed E-state index contributed by atoms with van der Waals surface area (Å²) >= 11 is 0. The van der Waals surface area contributed by atoms with Gasteiger partial charge in [0.05, 0.1) is 42.3 Å². The van der Waals surface area contributed by atoms with E-state index in [9.17, 15) is 8.42 Å². The largest absolute Gasteiger partial charge is 0.495 e. The third-order valence-corrected chi connectivity index (χ3v) is 7.84. The fraction of sp³-hybridized carbons (Fsp3) is 0.300. The van der Waals surface area contributed by atoms with Crippen LogP contribution in [0.25, 0.3) is 21.8 Å². The van der Waals surface area contributed by atoms with Gasteiger partial charge < -0.3 is 20.3 Å². The lowest BCUT2D eigenvalue weighted by molar-refractivity contribution is 0.351. The van der Waals surface area contributed by atoms with E-state index in [1.54, 1.807) is 13.4 Å². The number of nitrogens with zero attached hydrogens (tertiary/aromatic N) is 5. The van der Waals surface area contributed by atoms with Crippen LogP contribution in [0.4, 0.5) is 17.2 Å². The van der Waals surface area contributed by atoms with Gasteiger partial charge in [-0.25, -0.2) is 18.4 Å². The summed E-state index contributed by atoms with van der Waals surface area (Å²) in [7, 11) is 0.614. The number of hydrogen-bond donors (Lipinski definition) is 2. The van der Waals surface area contributed by atoms with E-state index < -0.39 is 9.84 Å². The first-order valence-corrected chi connectivity index (χ1v) is 15.5. The number of rotatable bonds is 13. The van der Waals surface area contributed by atoms with Crippen LogP contribution >= 0.6 is 0 Å². The Labute approximate surface area is 240 Å². The van der Waals surface area contributed by atoms with Gasteiger partial charge in [0.2, 0.25) is 0 Å². The topological polar surface area (TPSA) is 114 Å². The lowest BCUT2D eigenvalue weighted by Gasteiger charge is -2.17. The minimum atomic E-state index is -2.96. The summed E-state index contributed by atoms with van der Waals surface area (Å²) in [5.74, 6) is 1.54. The van der Waals surface area contributed by atoms with Crippen LogP contribution in [0.5, 0.6) is 5.75 Å². The van der Waals surface area contributed by atoms with Crippen molar-refractivity contribution in [3.8, 4) is 5.75 Å². The van der Waals surface area contributed by atoms with E-state index in [4.69, 9.17) is 4.74 Å². The van der Waals surface area contributed by atoms with Gasteiger partial charge in [-0.15, -0.1) is 0 Å². The van der Waals surface area contributed by atoms with Crippen molar-refractivity contribution in [3.63, 3.8) is 0 Å². The molecule has 0 saturated heterocycles. The molecule has 0 aliphatic heterocycles. The molecule has 0 atom stereocenters. The Morgan fingerprint density at radius 3 is 2.63 bits per heavy atom. The Morgan fingerprint density at radius 2 is 1.85 bits per heavy atom. The third kappa shape index (κ3) is 7.30. The molecule has 11 heteroatoms. The van der Waals surface area contributed by atoms with Crippen molar-refractivity contribution in [2.45, 2.75) is 13.0 Å². The van der Waals surface area contributed by atoms with Crippen LogP contribution in [-0.4, -0.2) is 78.9 Å². The van der Waals surface area contributed by atoms with E-state index in [0.29, 0.717) is 31.2 Å². The zero-order valence-corrected chi connectivity index (χ0v) is 24.4. The molecule has 0 unspecified atom stereocenters. The summed E-state index contributed by atoms with van der Waals surface area (Å²) in [6, 6.07) is 20.4. The molecule has 2 N–H and O–H groups in total. The van der Waals surface area contributed by atoms with Crippen molar-refractivity contribution < 1.29 is 13.2 Å².